The molecule has 2 bridgehead atoms. The standard InChI is InChI=1S/C8H10O3/c1-3-4(2-9-1)6-8-7(11-8)5(3)10-6/h3-8H,1-2H2/t3-,4+,5-,6-,7+,8-/m1/s1. The Bertz CT molecular complexity index is 193. The maximum absolute atomic E-state index is 5.80. The predicted molar refractivity (Wildman–Crippen MR) is 35.1 cm³/mol. The summed E-state index contributed by atoms with van der Waals surface area (Å²) in [7, 11) is 0. The van der Waals surface area contributed by atoms with Gasteiger partial charge in [0.25, 0.3) is 0 Å². The monoisotopic (exact) mass is 154 g/mol. The quantitative estimate of drug-likeness (QED) is 0.453. The molecular formula is C8H10O3. The fourth-order valence-electron chi connectivity index (χ4n) is 2.95. The first-order chi connectivity index (χ1) is 5.45. The Kier molecular flexibility index (Phi) is 0.746. The summed E-state index contributed by atoms with van der Waals surface area (Å²) in [5.74, 6) is 1.31. The fourth-order valence-corrected chi connectivity index (χ4v) is 2.95. The molecule has 0 unspecified atom stereocenters. The van der Waals surface area contributed by atoms with Crippen LogP contribution in [0.25, 0.3) is 0 Å². The molecule has 0 aromatic carbocycles. The molecule has 0 saturated carbocycles. The Hall–Kier alpha value is -0.120. The molecule has 11 heavy (non-hydrogen) atoms. The lowest BCUT2D eigenvalue weighted by molar-refractivity contribution is -0.0163. The summed E-state index contributed by atoms with van der Waals surface area (Å²) in [6.45, 7) is 1.80. The molecule has 6 atom stereocenters. The normalized spacial score (nSPS) is 69.8. The van der Waals surface area contributed by atoms with Crippen LogP contribution in [0.2, 0.25) is 0 Å². The second-order valence-corrected chi connectivity index (χ2v) is 4.00. The van der Waals surface area contributed by atoms with E-state index in [4.69, 9.17) is 14.2 Å². The minimum Gasteiger partial charge on any atom is -0.381 e. The first-order valence-electron chi connectivity index (χ1n) is 4.34. The average molecular weight is 154 g/mol. The molecule has 0 amide bonds. The number of rotatable bonds is 0. The summed E-state index contributed by atoms with van der Waals surface area (Å²) >= 11 is 0. The van der Waals surface area contributed by atoms with Gasteiger partial charge in [-0.2, -0.15) is 0 Å². The van der Waals surface area contributed by atoms with Crippen LogP contribution in [0, 0.1) is 11.8 Å². The van der Waals surface area contributed by atoms with Gasteiger partial charge in [0, 0.05) is 11.8 Å². The Morgan fingerprint density at radius 2 is 1.27 bits per heavy atom. The zero-order chi connectivity index (χ0) is 7.00. The van der Waals surface area contributed by atoms with E-state index in [0.717, 1.165) is 13.2 Å². The highest BCUT2D eigenvalue weighted by Crippen LogP contribution is 2.55. The maximum Gasteiger partial charge on any atom is 0.113 e. The van der Waals surface area contributed by atoms with E-state index < -0.39 is 0 Å². The second-order valence-electron chi connectivity index (χ2n) is 4.00. The molecule has 0 aliphatic carbocycles. The van der Waals surface area contributed by atoms with Crippen molar-refractivity contribution in [2.75, 3.05) is 13.2 Å². The van der Waals surface area contributed by atoms with Crippen molar-refractivity contribution in [3.8, 4) is 0 Å². The van der Waals surface area contributed by atoms with Crippen LogP contribution in [0.5, 0.6) is 0 Å². The Morgan fingerprint density at radius 1 is 0.727 bits per heavy atom. The number of hydrogen-bond acceptors (Lipinski definition) is 3. The molecule has 0 radical (unpaired) electrons. The van der Waals surface area contributed by atoms with Gasteiger partial charge in [-0.25, -0.2) is 0 Å². The summed E-state index contributed by atoms with van der Waals surface area (Å²) in [6, 6.07) is 0. The van der Waals surface area contributed by atoms with Crippen molar-refractivity contribution in [2.24, 2.45) is 11.8 Å². The van der Waals surface area contributed by atoms with Gasteiger partial charge in [0.15, 0.2) is 0 Å². The molecule has 3 nitrogen and oxygen atoms in total. The third kappa shape index (κ3) is 0.477. The van der Waals surface area contributed by atoms with Gasteiger partial charge in [-0.3, -0.25) is 0 Å². The molecule has 4 saturated heterocycles. The third-order valence-corrected chi connectivity index (χ3v) is 3.54. The van der Waals surface area contributed by atoms with Crippen molar-refractivity contribution in [1.82, 2.24) is 0 Å². The molecule has 4 fully saturated rings. The first-order valence-corrected chi connectivity index (χ1v) is 4.34. The topological polar surface area (TPSA) is 31.0 Å². The van der Waals surface area contributed by atoms with Crippen molar-refractivity contribution in [1.29, 1.82) is 0 Å². The van der Waals surface area contributed by atoms with Gasteiger partial charge < -0.3 is 14.2 Å². The van der Waals surface area contributed by atoms with Crippen molar-refractivity contribution < 1.29 is 14.2 Å². The summed E-state index contributed by atoms with van der Waals surface area (Å²) in [6.07, 6.45) is 1.67. The SMILES string of the molecule is C1OC[C@H]2[C@@H]1[C@H]1O[C@H]2[C@H]2O[C@H]21. The second kappa shape index (κ2) is 1.49. The zero-order valence-corrected chi connectivity index (χ0v) is 6.10. The minimum atomic E-state index is 0.387. The summed E-state index contributed by atoms with van der Waals surface area (Å²) in [5.41, 5.74) is 0. The van der Waals surface area contributed by atoms with E-state index in [-0.39, 0.29) is 0 Å². The summed E-state index contributed by atoms with van der Waals surface area (Å²) in [5, 5.41) is 0. The molecular weight excluding hydrogens is 144 g/mol. The predicted octanol–water partition coefficient (Wildman–Crippen LogP) is -0.203. The molecule has 4 aliphatic heterocycles. The molecule has 4 rings (SSSR count). The zero-order valence-electron chi connectivity index (χ0n) is 6.10. The first kappa shape index (κ1) is 5.51. The highest BCUT2D eigenvalue weighted by molar-refractivity contribution is 5.15. The van der Waals surface area contributed by atoms with Gasteiger partial charge in [0.05, 0.1) is 25.4 Å². The van der Waals surface area contributed by atoms with Crippen molar-refractivity contribution in [3.63, 3.8) is 0 Å². The number of ether oxygens (including phenoxy) is 3. The van der Waals surface area contributed by atoms with Crippen LogP contribution in [0.1, 0.15) is 0 Å². The number of fused-ring (bicyclic) bond motifs is 8. The van der Waals surface area contributed by atoms with Crippen LogP contribution in [-0.2, 0) is 14.2 Å². The van der Waals surface area contributed by atoms with Gasteiger partial charge in [-0.1, -0.05) is 0 Å². The van der Waals surface area contributed by atoms with E-state index in [9.17, 15) is 0 Å². The molecule has 0 aromatic heterocycles. The highest BCUT2D eigenvalue weighted by atomic mass is 16.7. The molecule has 3 heteroatoms. The number of hydrogen-bond donors (Lipinski definition) is 0. The van der Waals surface area contributed by atoms with E-state index in [1.165, 1.54) is 0 Å². The van der Waals surface area contributed by atoms with Gasteiger partial charge in [-0.15, -0.1) is 0 Å². The van der Waals surface area contributed by atoms with Crippen molar-refractivity contribution >= 4 is 0 Å². The molecule has 60 valence electrons. The van der Waals surface area contributed by atoms with Crippen molar-refractivity contribution in [3.05, 3.63) is 0 Å². The third-order valence-electron chi connectivity index (χ3n) is 3.54. The fraction of sp³-hybridized carbons (Fsp3) is 1.00. The minimum absolute atomic E-state index is 0.387. The lowest BCUT2D eigenvalue weighted by Gasteiger charge is -2.14. The van der Waals surface area contributed by atoms with Crippen LogP contribution in [0.3, 0.4) is 0 Å². The van der Waals surface area contributed by atoms with Crippen LogP contribution in [0.4, 0.5) is 0 Å². The lowest BCUT2D eigenvalue weighted by atomic mass is 9.82. The van der Waals surface area contributed by atoms with Crippen LogP contribution < -0.4 is 0 Å². The smallest absolute Gasteiger partial charge is 0.113 e. The summed E-state index contributed by atoms with van der Waals surface area (Å²) in [4.78, 5) is 0. The molecule has 4 aliphatic rings. The Balaban J connectivity index is 1.79. The van der Waals surface area contributed by atoms with E-state index in [1.807, 2.05) is 0 Å². The van der Waals surface area contributed by atoms with Crippen LogP contribution >= 0.6 is 0 Å². The van der Waals surface area contributed by atoms with E-state index >= 15 is 0 Å². The van der Waals surface area contributed by atoms with Gasteiger partial charge in [0.1, 0.15) is 12.2 Å². The molecule has 0 aromatic rings. The molecule has 0 N–H and O–H groups in total. The summed E-state index contributed by atoms with van der Waals surface area (Å²) < 4.78 is 16.7. The molecule has 0 spiro atoms. The van der Waals surface area contributed by atoms with Crippen LogP contribution in [0.15, 0.2) is 0 Å². The van der Waals surface area contributed by atoms with Crippen LogP contribution in [-0.4, -0.2) is 37.6 Å². The van der Waals surface area contributed by atoms with Gasteiger partial charge in [0.2, 0.25) is 0 Å². The largest absolute Gasteiger partial charge is 0.381 e. The average Bonchev–Trinajstić information content (AvgIpc) is 2.46. The molecule has 4 heterocycles. The van der Waals surface area contributed by atoms with Gasteiger partial charge >= 0.3 is 0 Å². The Labute approximate surface area is 64.6 Å². The van der Waals surface area contributed by atoms with Gasteiger partial charge in [-0.05, 0) is 0 Å². The highest BCUT2D eigenvalue weighted by Gasteiger charge is 2.70. The lowest BCUT2D eigenvalue weighted by Crippen LogP contribution is -2.31. The maximum atomic E-state index is 5.80. The Morgan fingerprint density at radius 3 is 1.91 bits per heavy atom. The van der Waals surface area contributed by atoms with E-state index in [1.54, 1.807) is 0 Å². The number of epoxide rings is 1. The van der Waals surface area contributed by atoms with E-state index in [0.29, 0.717) is 36.3 Å². The van der Waals surface area contributed by atoms with Crippen molar-refractivity contribution in [2.45, 2.75) is 24.4 Å². The van der Waals surface area contributed by atoms with E-state index in [2.05, 4.69) is 0 Å².